The van der Waals surface area contributed by atoms with Gasteiger partial charge in [-0.15, -0.1) is 24.0 Å². The van der Waals surface area contributed by atoms with Crippen LogP contribution in [-0.4, -0.2) is 42.5 Å². The second-order valence-corrected chi connectivity index (χ2v) is 7.15. The molecule has 1 aromatic heterocycles. The van der Waals surface area contributed by atoms with E-state index < -0.39 is 0 Å². The summed E-state index contributed by atoms with van der Waals surface area (Å²) in [5.41, 5.74) is 4.07. The van der Waals surface area contributed by atoms with Gasteiger partial charge in [0.2, 0.25) is 0 Å². The minimum atomic E-state index is 0. The Morgan fingerprint density at radius 2 is 1.93 bits per heavy atom. The van der Waals surface area contributed by atoms with Gasteiger partial charge in [-0.25, -0.2) is 0 Å². The van der Waals surface area contributed by atoms with Gasteiger partial charge in [-0.2, -0.15) is 0 Å². The summed E-state index contributed by atoms with van der Waals surface area (Å²) >= 11 is 0. The number of piperidine rings is 1. The average Bonchev–Trinajstić information content (AvgIpc) is 2.68. The lowest BCUT2D eigenvalue weighted by molar-refractivity contribution is 0.259. The Balaban J connectivity index is 0.00000261. The van der Waals surface area contributed by atoms with E-state index >= 15 is 0 Å². The van der Waals surface area contributed by atoms with Gasteiger partial charge in [-0.05, 0) is 61.3 Å². The molecule has 0 amide bonds. The molecule has 4 nitrogen and oxygen atoms in total. The van der Waals surface area contributed by atoms with Crippen LogP contribution in [0.25, 0.3) is 0 Å². The van der Waals surface area contributed by atoms with E-state index in [0.29, 0.717) is 0 Å². The van der Waals surface area contributed by atoms with Gasteiger partial charge in [0.25, 0.3) is 0 Å². The maximum Gasteiger partial charge on any atom is 0.193 e. The highest BCUT2D eigenvalue weighted by Crippen LogP contribution is 2.21. The van der Waals surface area contributed by atoms with Crippen LogP contribution in [-0.2, 0) is 12.8 Å². The number of nitrogens with zero attached hydrogens (tertiary/aromatic N) is 3. The second-order valence-electron chi connectivity index (χ2n) is 7.15. The molecule has 1 aliphatic heterocycles. The van der Waals surface area contributed by atoms with Crippen molar-refractivity contribution in [1.29, 1.82) is 0 Å². The predicted octanol–water partition coefficient (Wildman–Crippen LogP) is 4.08. The van der Waals surface area contributed by atoms with E-state index in [4.69, 9.17) is 0 Å². The van der Waals surface area contributed by atoms with Crippen molar-refractivity contribution in [2.24, 2.45) is 10.9 Å². The fourth-order valence-electron chi connectivity index (χ4n) is 3.72. The Kier molecular flexibility index (Phi) is 9.04. The number of benzene rings is 1. The first-order valence-corrected chi connectivity index (χ1v) is 9.65. The molecule has 0 atom stereocenters. The molecular weight excluding hydrogens is 447 g/mol. The van der Waals surface area contributed by atoms with Crippen molar-refractivity contribution >= 4 is 29.9 Å². The van der Waals surface area contributed by atoms with Crippen LogP contribution in [0.4, 0.5) is 0 Å². The predicted molar refractivity (Wildman–Crippen MR) is 124 cm³/mol. The minimum absolute atomic E-state index is 0. The summed E-state index contributed by atoms with van der Waals surface area (Å²) in [5.74, 6) is 1.82. The molecule has 5 heteroatoms. The fourth-order valence-corrected chi connectivity index (χ4v) is 3.72. The van der Waals surface area contributed by atoms with Crippen molar-refractivity contribution in [3.63, 3.8) is 0 Å². The van der Waals surface area contributed by atoms with Gasteiger partial charge < -0.3 is 10.2 Å². The smallest absolute Gasteiger partial charge is 0.193 e. The monoisotopic (exact) mass is 478 g/mol. The number of hydrogen-bond donors (Lipinski definition) is 1. The normalized spacial score (nSPS) is 15.3. The molecule has 146 valence electrons. The fraction of sp³-hybridized carbons (Fsp3) is 0.455. The third-order valence-electron chi connectivity index (χ3n) is 5.31. The van der Waals surface area contributed by atoms with E-state index in [1.807, 2.05) is 19.4 Å². The molecule has 0 spiro atoms. The minimum Gasteiger partial charge on any atom is -0.356 e. The van der Waals surface area contributed by atoms with Crippen LogP contribution >= 0.6 is 24.0 Å². The Hall–Kier alpha value is -1.63. The van der Waals surface area contributed by atoms with E-state index in [1.54, 1.807) is 0 Å². The van der Waals surface area contributed by atoms with Gasteiger partial charge in [-0.3, -0.25) is 9.98 Å². The summed E-state index contributed by atoms with van der Waals surface area (Å²) in [5, 5.41) is 3.53. The number of rotatable bonds is 5. The number of pyridine rings is 1. The number of hydrogen-bond acceptors (Lipinski definition) is 2. The molecule has 0 saturated carbocycles. The Morgan fingerprint density at radius 1 is 1.19 bits per heavy atom. The van der Waals surface area contributed by atoms with Crippen LogP contribution in [0.5, 0.6) is 0 Å². The number of likely N-dealkylation sites (tertiary alicyclic amines) is 1. The highest BCUT2D eigenvalue weighted by Gasteiger charge is 2.21. The summed E-state index contributed by atoms with van der Waals surface area (Å²) in [6.45, 7) is 5.20. The van der Waals surface area contributed by atoms with E-state index in [1.165, 1.54) is 36.0 Å². The molecule has 27 heavy (non-hydrogen) atoms. The molecule has 2 heterocycles. The highest BCUT2D eigenvalue weighted by atomic mass is 127. The molecule has 0 aliphatic carbocycles. The third-order valence-corrected chi connectivity index (χ3v) is 5.31. The van der Waals surface area contributed by atoms with Crippen molar-refractivity contribution in [2.75, 3.05) is 26.7 Å². The molecule has 0 radical (unpaired) electrons. The highest BCUT2D eigenvalue weighted by molar-refractivity contribution is 14.0. The number of aliphatic imine (C=N–C) groups is 1. The van der Waals surface area contributed by atoms with Crippen LogP contribution in [0.3, 0.4) is 0 Å². The summed E-state index contributed by atoms with van der Waals surface area (Å²) in [6.07, 6.45) is 8.47. The topological polar surface area (TPSA) is 40.5 Å². The Labute approximate surface area is 180 Å². The molecular formula is C22H31IN4. The number of halogens is 1. The third kappa shape index (κ3) is 6.48. The standard InChI is InChI=1S/C22H30N4.HI/c1-18-17-24-12-8-21(18)9-13-25-22(23-2)26-14-10-20(11-15-26)16-19-6-4-3-5-7-19;/h3-8,12,17,20H,9-11,13-16H2,1-2H3,(H,23,25);1H. The van der Waals surface area contributed by atoms with Crippen molar-refractivity contribution < 1.29 is 0 Å². The van der Waals surface area contributed by atoms with E-state index in [9.17, 15) is 0 Å². The van der Waals surface area contributed by atoms with Crippen LogP contribution in [0, 0.1) is 12.8 Å². The molecule has 1 saturated heterocycles. The van der Waals surface area contributed by atoms with Crippen molar-refractivity contribution in [3.05, 3.63) is 65.5 Å². The summed E-state index contributed by atoms with van der Waals surface area (Å²) in [4.78, 5) is 11.1. The Bertz CT molecular complexity index is 709. The Morgan fingerprint density at radius 3 is 2.59 bits per heavy atom. The molecule has 1 aliphatic rings. The van der Waals surface area contributed by atoms with Gasteiger partial charge >= 0.3 is 0 Å². The SMILES string of the molecule is CN=C(NCCc1ccncc1C)N1CCC(Cc2ccccc2)CC1.I. The first-order valence-electron chi connectivity index (χ1n) is 9.65. The molecule has 0 unspecified atom stereocenters. The largest absolute Gasteiger partial charge is 0.356 e. The molecule has 2 aromatic rings. The van der Waals surface area contributed by atoms with Crippen molar-refractivity contribution in [2.45, 2.75) is 32.6 Å². The van der Waals surface area contributed by atoms with Crippen LogP contribution in [0.2, 0.25) is 0 Å². The number of aryl methyl sites for hydroxylation is 1. The quantitative estimate of drug-likeness (QED) is 0.400. The lowest BCUT2D eigenvalue weighted by atomic mass is 9.90. The van der Waals surface area contributed by atoms with Crippen molar-refractivity contribution in [3.8, 4) is 0 Å². The van der Waals surface area contributed by atoms with Gasteiger partial charge in [0.05, 0.1) is 0 Å². The van der Waals surface area contributed by atoms with Gasteiger partial charge in [0, 0.05) is 39.1 Å². The first-order chi connectivity index (χ1) is 12.8. The van der Waals surface area contributed by atoms with Crippen LogP contribution in [0.15, 0.2) is 53.8 Å². The number of aromatic nitrogens is 1. The zero-order valence-corrected chi connectivity index (χ0v) is 18.7. The molecule has 1 aromatic carbocycles. The molecule has 1 fully saturated rings. The first kappa shape index (κ1) is 21.7. The van der Waals surface area contributed by atoms with E-state index in [2.05, 4.69) is 63.5 Å². The maximum absolute atomic E-state index is 4.49. The lowest BCUT2D eigenvalue weighted by Crippen LogP contribution is -2.46. The molecule has 1 N–H and O–H groups in total. The lowest BCUT2D eigenvalue weighted by Gasteiger charge is -2.34. The zero-order chi connectivity index (χ0) is 18.2. The van der Waals surface area contributed by atoms with Gasteiger partial charge in [-0.1, -0.05) is 30.3 Å². The second kappa shape index (κ2) is 11.3. The zero-order valence-electron chi connectivity index (χ0n) is 16.4. The van der Waals surface area contributed by atoms with E-state index in [0.717, 1.165) is 37.9 Å². The number of nitrogens with one attached hydrogen (secondary N) is 1. The van der Waals surface area contributed by atoms with Crippen LogP contribution < -0.4 is 5.32 Å². The molecule has 0 bridgehead atoms. The maximum atomic E-state index is 4.49. The van der Waals surface area contributed by atoms with Crippen LogP contribution in [0.1, 0.15) is 29.5 Å². The van der Waals surface area contributed by atoms with Gasteiger partial charge in [0.1, 0.15) is 0 Å². The summed E-state index contributed by atoms with van der Waals surface area (Å²) < 4.78 is 0. The average molecular weight is 478 g/mol. The molecule has 3 rings (SSSR count). The van der Waals surface area contributed by atoms with E-state index in [-0.39, 0.29) is 24.0 Å². The summed E-state index contributed by atoms with van der Waals surface area (Å²) in [7, 11) is 1.88. The summed E-state index contributed by atoms with van der Waals surface area (Å²) in [6, 6.07) is 13.0. The van der Waals surface area contributed by atoms with Gasteiger partial charge in [0.15, 0.2) is 5.96 Å². The van der Waals surface area contributed by atoms with Crippen molar-refractivity contribution in [1.82, 2.24) is 15.2 Å². The number of guanidine groups is 1.